The predicted octanol–water partition coefficient (Wildman–Crippen LogP) is 1.23. The number of halogens is 1. The van der Waals surface area contributed by atoms with Crippen molar-refractivity contribution >= 4 is 0 Å². The monoisotopic (exact) mass is 217 g/mol. The van der Waals surface area contributed by atoms with Crippen molar-refractivity contribution in [3.8, 4) is 0 Å². The Hall–Kier alpha value is -0.190. The van der Waals surface area contributed by atoms with Crippen molar-refractivity contribution in [2.24, 2.45) is 0 Å². The van der Waals surface area contributed by atoms with E-state index in [1.165, 1.54) is 0 Å². The molecule has 2 fully saturated rings. The second kappa shape index (κ2) is 4.76. The van der Waals surface area contributed by atoms with Gasteiger partial charge in [0.25, 0.3) is 0 Å². The van der Waals surface area contributed by atoms with Crippen molar-refractivity contribution in [3.05, 3.63) is 0 Å². The Morgan fingerprint density at radius 2 is 2.33 bits per heavy atom. The molecule has 0 spiro atoms. The summed E-state index contributed by atoms with van der Waals surface area (Å²) in [6.45, 7) is 6.03. The van der Waals surface area contributed by atoms with Gasteiger partial charge in [-0.3, -0.25) is 4.90 Å². The van der Waals surface area contributed by atoms with Gasteiger partial charge in [0.2, 0.25) is 0 Å². The van der Waals surface area contributed by atoms with E-state index in [0.717, 1.165) is 19.5 Å². The third kappa shape index (κ3) is 3.40. The molecule has 0 aromatic rings. The molecular weight excluding hydrogens is 197 g/mol. The van der Waals surface area contributed by atoms with E-state index in [-0.39, 0.29) is 6.10 Å². The number of alkyl halides is 1. The largest absolute Gasteiger partial charge is 0.376 e. The highest BCUT2D eigenvalue weighted by molar-refractivity contribution is 4.84. The molecule has 0 aromatic carbocycles. The lowest BCUT2D eigenvalue weighted by atomic mass is 9.97. The highest BCUT2D eigenvalue weighted by Crippen LogP contribution is 2.24. The number of hydrogen-bond donors (Lipinski definition) is 0. The van der Waals surface area contributed by atoms with Crippen LogP contribution in [0, 0.1) is 0 Å². The fourth-order valence-electron chi connectivity index (χ4n) is 2.38. The molecule has 0 unspecified atom stereocenters. The number of ether oxygens (including phenoxy) is 2. The van der Waals surface area contributed by atoms with Gasteiger partial charge in [0.05, 0.1) is 25.9 Å². The van der Waals surface area contributed by atoms with E-state index >= 15 is 0 Å². The molecular formula is C11H20FNO2. The quantitative estimate of drug-likeness (QED) is 0.694. The minimum atomic E-state index is -1.02. The highest BCUT2D eigenvalue weighted by Gasteiger charge is 2.31. The van der Waals surface area contributed by atoms with Gasteiger partial charge in [-0.1, -0.05) is 0 Å². The second-order valence-electron chi connectivity index (χ2n) is 4.82. The topological polar surface area (TPSA) is 21.7 Å². The number of likely N-dealkylation sites (tertiary alicyclic amines) is 1. The molecule has 4 heteroatoms. The summed E-state index contributed by atoms with van der Waals surface area (Å²) < 4.78 is 24.7. The van der Waals surface area contributed by atoms with Crippen LogP contribution in [-0.4, -0.2) is 56.1 Å². The van der Waals surface area contributed by atoms with Gasteiger partial charge in [-0.2, -0.15) is 0 Å². The summed E-state index contributed by atoms with van der Waals surface area (Å²) in [5.41, 5.74) is -1.02. The number of hydrogen-bond acceptors (Lipinski definition) is 3. The third-order valence-corrected chi connectivity index (χ3v) is 3.07. The van der Waals surface area contributed by atoms with Crippen LogP contribution < -0.4 is 0 Å². The van der Waals surface area contributed by atoms with Gasteiger partial charge in [0.15, 0.2) is 0 Å². The molecule has 0 aliphatic carbocycles. The minimum Gasteiger partial charge on any atom is -0.376 e. The van der Waals surface area contributed by atoms with Crippen LogP contribution in [0.3, 0.4) is 0 Å². The standard InChI is InChI=1S/C11H20FNO2/c1-11(12)3-2-4-13(9-11)7-10-8-14-5-6-15-10/h10H,2-9H2,1H3/t10-,11-/m1/s1. The van der Waals surface area contributed by atoms with Crippen molar-refractivity contribution in [2.45, 2.75) is 31.5 Å². The molecule has 0 aromatic heterocycles. The zero-order chi connectivity index (χ0) is 10.7. The first kappa shape index (κ1) is 11.3. The Balaban J connectivity index is 1.78. The molecule has 3 nitrogen and oxygen atoms in total. The first-order valence-electron chi connectivity index (χ1n) is 5.76. The van der Waals surface area contributed by atoms with E-state index in [2.05, 4.69) is 4.90 Å². The highest BCUT2D eigenvalue weighted by atomic mass is 19.1. The number of rotatable bonds is 2. The summed E-state index contributed by atoms with van der Waals surface area (Å²) in [6.07, 6.45) is 1.76. The van der Waals surface area contributed by atoms with Crippen molar-refractivity contribution in [2.75, 3.05) is 39.5 Å². The van der Waals surface area contributed by atoms with Gasteiger partial charge in [0, 0.05) is 13.1 Å². The molecule has 15 heavy (non-hydrogen) atoms. The number of piperidine rings is 1. The smallest absolute Gasteiger partial charge is 0.120 e. The maximum absolute atomic E-state index is 13.8. The van der Waals surface area contributed by atoms with Crippen LogP contribution in [0.15, 0.2) is 0 Å². The molecule has 2 aliphatic heterocycles. The van der Waals surface area contributed by atoms with Crippen LogP contribution in [0.2, 0.25) is 0 Å². The van der Waals surface area contributed by atoms with E-state index in [1.807, 2.05) is 0 Å². The predicted molar refractivity (Wildman–Crippen MR) is 55.7 cm³/mol. The van der Waals surface area contributed by atoms with Crippen LogP contribution >= 0.6 is 0 Å². The average molecular weight is 217 g/mol. The lowest BCUT2D eigenvalue weighted by molar-refractivity contribution is -0.103. The molecule has 0 N–H and O–H groups in total. The van der Waals surface area contributed by atoms with Crippen molar-refractivity contribution < 1.29 is 13.9 Å². The molecule has 0 radical (unpaired) electrons. The summed E-state index contributed by atoms with van der Waals surface area (Å²) in [5, 5.41) is 0. The van der Waals surface area contributed by atoms with Gasteiger partial charge < -0.3 is 9.47 Å². The summed E-state index contributed by atoms with van der Waals surface area (Å²) in [7, 11) is 0. The van der Waals surface area contributed by atoms with Gasteiger partial charge >= 0.3 is 0 Å². The van der Waals surface area contributed by atoms with Crippen LogP contribution in [0.1, 0.15) is 19.8 Å². The second-order valence-corrected chi connectivity index (χ2v) is 4.82. The first-order chi connectivity index (χ1) is 7.16. The van der Waals surface area contributed by atoms with Crippen LogP contribution in [0.4, 0.5) is 4.39 Å². The van der Waals surface area contributed by atoms with Crippen LogP contribution in [-0.2, 0) is 9.47 Å². The maximum atomic E-state index is 13.8. The molecule has 0 saturated carbocycles. The van der Waals surface area contributed by atoms with E-state index in [0.29, 0.717) is 32.8 Å². The zero-order valence-electron chi connectivity index (χ0n) is 9.38. The Morgan fingerprint density at radius 3 is 3.00 bits per heavy atom. The Bertz CT molecular complexity index is 205. The summed E-state index contributed by atoms with van der Waals surface area (Å²) in [6, 6.07) is 0. The molecule has 88 valence electrons. The molecule has 2 heterocycles. The fourth-order valence-corrected chi connectivity index (χ4v) is 2.38. The summed E-state index contributed by atoms with van der Waals surface area (Å²) >= 11 is 0. The SMILES string of the molecule is C[C@@]1(F)CCCN(C[C@@H]2COCCO2)C1. The lowest BCUT2D eigenvalue weighted by Crippen LogP contribution is -2.48. The Morgan fingerprint density at radius 1 is 1.47 bits per heavy atom. The van der Waals surface area contributed by atoms with E-state index < -0.39 is 5.67 Å². The zero-order valence-corrected chi connectivity index (χ0v) is 9.38. The van der Waals surface area contributed by atoms with Crippen LogP contribution in [0.25, 0.3) is 0 Å². The molecule has 0 amide bonds. The molecule has 0 bridgehead atoms. The molecule has 2 rings (SSSR count). The average Bonchev–Trinajstić information content (AvgIpc) is 2.17. The minimum absolute atomic E-state index is 0.132. The van der Waals surface area contributed by atoms with E-state index in [4.69, 9.17) is 9.47 Å². The van der Waals surface area contributed by atoms with E-state index in [9.17, 15) is 4.39 Å². The van der Waals surface area contributed by atoms with Gasteiger partial charge in [0.1, 0.15) is 5.67 Å². The molecule has 2 saturated heterocycles. The summed E-state index contributed by atoms with van der Waals surface area (Å²) in [4.78, 5) is 2.16. The van der Waals surface area contributed by atoms with Crippen molar-refractivity contribution in [3.63, 3.8) is 0 Å². The Labute approximate surface area is 90.5 Å². The van der Waals surface area contributed by atoms with Crippen LogP contribution in [0.5, 0.6) is 0 Å². The Kier molecular flexibility index (Phi) is 3.59. The van der Waals surface area contributed by atoms with Crippen molar-refractivity contribution in [1.82, 2.24) is 4.90 Å². The summed E-state index contributed by atoms with van der Waals surface area (Å²) in [5.74, 6) is 0. The fraction of sp³-hybridized carbons (Fsp3) is 1.00. The van der Waals surface area contributed by atoms with Crippen molar-refractivity contribution in [1.29, 1.82) is 0 Å². The lowest BCUT2D eigenvalue weighted by Gasteiger charge is -2.37. The maximum Gasteiger partial charge on any atom is 0.120 e. The van der Waals surface area contributed by atoms with Gasteiger partial charge in [-0.05, 0) is 26.3 Å². The normalized spacial score (nSPS) is 39.2. The van der Waals surface area contributed by atoms with E-state index in [1.54, 1.807) is 6.92 Å². The number of nitrogens with zero attached hydrogens (tertiary/aromatic N) is 1. The molecule has 2 atom stereocenters. The third-order valence-electron chi connectivity index (χ3n) is 3.07. The first-order valence-corrected chi connectivity index (χ1v) is 5.76. The van der Waals surface area contributed by atoms with Gasteiger partial charge in [-0.25, -0.2) is 4.39 Å². The van der Waals surface area contributed by atoms with Gasteiger partial charge in [-0.15, -0.1) is 0 Å². The molecule has 2 aliphatic rings.